The number of hydrogen-bond acceptors (Lipinski definition) is 4. The highest BCUT2D eigenvalue weighted by molar-refractivity contribution is 7.98. The predicted molar refractivity (Wildman–Crippen MR) is 74.4 cm³/mol. The molecule has 0 radical (unpaired) electrons. The summed E-state index contributed by atoms with van der Waals surface area (Å²) in [4.78, 5) is 0.671. The molecule has 1 N–H and O–H groups in total. The standard InChI is InChI=1S/C13H17FN4S/c1-9(15-7-13-17-16-8-18(13)2)10-4-5-12(19-3)11(14)6-10/h4-6,8-9,15H,7H2,1-3H3/t9-/m1/s1. The van der Waals surface area contributed by atoms with Crippen molar-refractivity contribution in [1.82, 2.24) is 20.1 Å². The lowest BCUT2D eigenvalue weighted by molar-refractivity contribution is 0.539. The van der Waals surface area contributed by atoms with Crippen molar-refractivity contribution in [2.75, 3.05) is 6.26 Å². The molecule has 0 bridgehead atoms. The first-order chi connectivity index (χ1) is 9.11. The number of aryl methyl sites for hydroxylation is 1. The lowest BCUT2D eigenvalue weighted by Gasteiger charge is -2.14. The van der Waals surface area contributed by atoms with E-state index in [2.05, 4.69) is 15.5 Å². The maximum Gasteiger partial charge on any atom is 0.146 e. The minimum Gasteiger partial charge on any atom is -0.320 e. The van der Waals surface area contributed by atoms with Crippen molar-refractivity contribution in [1.29, 1.82) is 0 Å². The normalized spacial score (nSPS) is 12.6. The number of aromatic nitrogens is 3. The SMILES string of the molecule is CSc1ccc([C@@H](C)NCc2nncn2C)cc1F. The molecule has 4 nitrogen and oxygen atoms in total. The number of hydrogen-bond donors (Lipinski definition) is 1. The predicted octanol–water partition coefficient (Wildman–Crippen LogP) is 2.53. The Morgan fingerprint density at radius 1 is 1.47 bits per heavy atom. The Kier molecular flexibility index (Phi) is 4.55. The highest BCUT2D eigenvalue weighted by Gasteiger charge is 2.10. The molecule has 6 heteroatoms. The minimum atomic E-state index is -0.169. The third-order valence-electron chi connectivity index (χ3n) is 3.05. The van der Waals surface area contributed by atoms with E-state index in [1.807, 2.05) is 36.9 Å². The summed E-state index contributed by atoms with van der Waals surface area (Å²) in [5.74, 6) is 0.686. The van der Waals surface area contributed by atoms with Gasteiger partial charge < -0.3 is 9.88 Å². The molecule has 0 saturated heterocycles. The fourth-order valence-electron chi connectivity index (χ4n) is 1.78. The van der Waals surface area contributed by atoms with Crippen molar-refractivity contribution in [3.8, 4) is 0 Å². The number of nitrogens with one attached hydrogen (secondary N) is 1. The summed E-state index contributed by atoms with van der Waals surface area (Å²) in [5.41, 5.74) is 0.928. The summed E-state index contributed by atoms with van der Waals surface area (Å²) in [7, 11) is 1.90. The van der Waals surface area contributed by atoms with Crippen molar-refractivity contribution < 1.29 is 4.39 Å². The van der Waals surface area contributed by atoms with Gasteiger partial charge in [-0.2, -0.15) is 0 Å². The van der Waals surface area contributed by atoms with E-state index < -0.39 is 0 Å². The lowest BCUT2D eigenvalue weighted by atomic mass is 10.1. The van der Waals surface area contributed by atoms with Gasteiger partial charge >= 0.3 is 0 Å². The van der Waals surface area contributed by atoms with Crippen LogP contribution in [0.4, 0.5) is 4.39 Å². The summed E-state index contributed by atoms with van der Waals surface area (Å²) < 4.78 is 15.6. The van der Waals surface area contributed by atoms with Crippen LogP contribution in [0.25, 0.3) is 0 Å². The molecule has 102 valence electrons. The van der Waals surface area contributed by atoms with Crippen molar-refractivity contribution in [2.45, 2.75) is 24.4 Å². The smallest absolute Gasteiger partial charge is 0.146 e. The zero-order chi connectivity index (χ0) is 13.8. The highest BCUT2D eigenvalue weighted by Crippen LogP contribution is 2.23. The van der Waals surface area contributed by atoms with E-state index in [4.69, 9.17) is 0 Å². The number of nitrogens with zero attached hydrogens (tertiary/aromatic N) is 3. The molecule has 19 heavy (non-hydrogen) atoms. The molecule has 0 aliphatic carbocycles. The molecule has 2 aromatic rings. The van der Waals surface area contributed by atoms with Crippen molar-refractivity contribution in [3.05, 3.63) is 41.7 Å². The summed E-state index contributed by atoms with van der Waals surface area (Å²) in [6.45, 7) is 2.60. The first-order valence-electron chi connectivity index (χ1n) is 6.01. The molecule has 2 rings (SSSR count). The molecule has 0 aliphatic heterocycles. The molecule has 0 spiro atoms. The monoisotopic (exact) mass is 280 g/mol. The van der Waals surface area contributed by atoms with Gasteiger partial charge in [-0.1, -0.05) is 6.07 Å². The second-order valence-corrected chi connectivity index (χ2v) is 5.20. The number of halogens is 1. The summed E-state index contributed by atoms with van der Waals surface area (Å²) >= 11 is 1.41. The second kappa shape index (κ2) is 6.16. The van der Waals surface area contributed by atoms with E-state index >= 15 is 0 Å². The van der Waals surface area contributed by atoms with Crippen LogP contribution in [0.1, 0.15) is 24.4 Å². The van der Waals surface area contributed by atoms with E-state index in [9.17, 15) is 4.39 Å². The first kappa shape index (κ1) is 14.0. The van der Waals surface area contributed by atoms with Crippen LogP contribution in [0.3, 0.4) is 0 Å². The van der Waals surface area contributed by atoms with Crippen LogP contribution in [0, 0.1) is 5.82 Å². The van der Waals surface area contributed by atoms with Crippen LogP contribution >= 0.6 is 11.8 Å². The van der Waals surface area contributed by atoms with Crippen molar-refractivity contribution in [3.63, 3.8) is 0 Å². The maximum absolute atomic E-state index is 13.7. The molecule has 1 heterocycles. The van der Waals surface area contributed by atoms with Gasteiger partial charge in [0, 0.05) is 18.0 Å². The van der Waals surface area contributed by atoms with E-state index in [0.717, 1.165) is 11.4 Å². The highest BCUT2D eigenvalue weighted by atomic mass is 32.2. The fourth-order valence-corrected chi connectivity index (χ4v) is 2.24. The largest absolute Gasteiger partial charge is 0.320 e. The number of benzene rings is 1. The average molecular weight is 280 g/mol. The zero-order valence-corrected chi connectivity index (χ0v) is 12.0. The van der Waals surface area contributed by atoms with Crippen molar-refractivity contribution in [2.24, 2.45) is 7.05 Å². The Balaban J connectivity index is 2.02. The number of rotatable bonds is 5. The van der Waals surface area contributed by atoms with E-state index in [1.54, 1.807) is 12.4 Å². The minimum absolute atomic E-state index is 0.0575. The van der Waals surface area contributed by atoms with Gasteiger partial charge in [-0.25, -0.2) is 4.39 Å². The lowest BCUT2D eigenvalue weighted by Crippen LogP contribution is -2.20. The van der Waals surface area contributed by atoms with Gasteiger partial charge in [-0.05, 0) is 30.9 Å². The zero-order valence-electron chi connectivity index (χ0n) is 11.2. The van der Waals surface area contributed by atoms with Gasteiger partial charge in [0.05, 0.1) is 6.54 Å². The summed E-state index contributed by atoms with van der Waals surface area (Å²) in [5, 5.41) is 11.1. The Morgan fingerprint density at radius 3 is 2.84 bits per heavy atom. The summed E-state index contributed by atoms with van der Waals surface area (Å²) in [6, 6.07) is 5.40. The second-order valence-electron chi connectivity index (χ2n) is 4.35. The molecule has 1 aromatic heterocycles. The number of thioether (sulfide) groups is 1. The van der Waals surface area contributed by atoms with Gasteiger partial charge in [0.25, 0.3) is 0 Å². The first-order valence-corrected chi connectivity index (χ1v) is 7.24. The molecule has 0 unspecified atom stereocenters. The van der Waals surface area contributed by atoms with Gasteiger partial charge in [0.2, 0.25) is 0 Å². The Bertz CT molecular complexity index is 555. The van der Waals surface area contributed by atoms with Gasteiger partial charge in [0.15, 0.2) is 0 Å². The van der Waals surface area contributed by atoms with Crippen LogP contribution in [0.5, 0.6) is 0 Å². The molecule has 0 saturated carbocycles. The fraction of sp³-hybridized carbons (Fsp3) is 0.385. The van der Waals surface area contributed by atoms with Crippen LogP contribution in [-0.2, 0) is 13.6 Å². The Morgan fingerprint density at radius 2 is 2.26 bits per heavy atom. The third-order valence-corrected chi connectivity index (χ3v) is 3.82. The molecule has 0 fully saturated rings. The van der Waals surface area contributed by atoms with Crippen LogP contribution < -0.4 is 5.32 Å². The van der Waals surface area contributed by atoms with Crippen LogP contribution in [0.2, 0.25) is 0 Å². The molecular weight excluding hydrogens is 263 g/mol. The van der Waals surface area contributed by atoms with Crippen LogP contribution in [-0.4, -0.2) is 21.0 Å². The van der Waals surface area contributed by atoms with E-state index in [0.29, 0.717) is 11.4 Å². The summed E-state index contributed by atoms with van der Waals surface area (Å²) in [6.07, 6.45) is 3.53. The molecule has 0 amide bonds. The molecule has 0 aliphatic rings. The van der Waals surface area contributed by atoms with E-state index in [-0.39, 0.29) is 11.9 Å². The Hall–Kier alpha value is -1.40. The maximum atomic E-state index is 13.7. The van der Waals surface area contributed by atoms with Crippen LogP contribution in [0.15, 0.2) is 29.4 Å². The molecular formula is C13H17FN4S. The van der Waals surface area contributed by atoms with Crippen molar-refractivity contribution >= 4 is 11.8 Å². The Labute approximate surface area is 116 Å². The molecule has 1 aromatic carbocycles. The quantitative estimate of drug-likeness (QED) is 0.855. The topological polar surface area (TPSA) is 42.7 Å². The van der Waals surface area contributed by atoms with E-state index in [1.165, 1.54) is 11.8 Å². The average Bonchev–Trinajstić information content (AvgIpc) is 2.81. The molecule has 1 atom stereocenters. The van der Waals surface area contributed by atoms with Gasteiger partial charge in [-0.15, -0.1) is 22.0 Å². The third kappa shape index (κ3) is 3.33. The van der Waals surface area contributed by atoms with Gasteiger partial charge in [-0.3, -0.25) is 0 Å². The van der Waals surface area contributed by atoms with Gasteiger partial charge in [0.1, 0.15) is 18.0 Å².